The monoisotopic (exact) mass is 213 g/mol. The van der Waals surface area contributed by atoms with Crippen molar-refractivity contribution in [3.63, 3.8) is 0 Å². The van der Waals surface area contributed by atoms with Crippen molar-refractivity contribution in [1.29, 1.82) is 0 Å². The molecule has 1 aromatic rings. The molecule has 3 heteroatoms. The van der Waals surface area contributed by atoms with E-state index in [2.05, 4.69) is 12.2 Å². The SMILES string of the molecule is CCCNC(C)Cc1c(F)cccc1F. The van der Waals surface area contributed by atoms with Crippen LogP contribution in [0, 0.1) is 11.6 Å². The molecule has 0 bridgehead atoms. The van der Waals surface area contributed by atoms with Crippen LogP contribution in [0.25, 0.3) is 0 Å². The molecule has 15 heavy (non-hydrogen) atoms. The van der Waals surface area contributed by atoms with Gasteiger partial charge < -0.3 is 5.32 Å². The molecule has 0 amide bonds. The molecule has 0 saturated heterocycles. The Kier molecular flexibility index (Phi) is 4.69. The number of halogens is 2. The summed E-state index contributed by atoms with van der Waals surface area (Å²) in [4.78, 5) is 0. The topological polar surface area (TPSA) is 12.0 Å². The Hall–Kier alpha value is -0.960. The first-order valence-corrected chi connectivity index (χ1v) is 5.31. The average Bonchev–Trinajstić information content (AvgIpc) is 2.21. The highest BCUT2D eigenvalue weighted by atomic mass is 19.1. The lowest BCUT2D eigenvalue weighted by atomic mass is 10.1. The summed E-state index contributed by atoms with van der Waals surface area (Å²) >= 11 is 0. The van der Waals surface area contributed by atoms with Crippen LogP contribution in [0.15, 0.2) is 18.2 Å². The van der Waals surface area contributed by atoms with Crippen LogP contribution in [0.5, 0.6) is 0 Å². The Bertz CT molecular complexity index is 292. The van der Waals surface area contributed by atoms with Crippen LogP contribution in [0.2, 0.25) is 0 Å². The number of rotatable bonds is 5. The summed E-state index contributed by atoms with van der Waals surface area (Å²) in [6.07, 6.45) is 1.41. The summed E-state index contributed by atoms with van der Waals surface area (Å²) in [5, 5.41) is 3.20. The molecule has 1 nitrogen and oxygen atoms in total. The Morgan fingerprint density at radius 3 is 2.40 bits per heavy atom. The molecular formula is C12H17F2N. The van der Waals surface area contributed by atoms with E-state index in [4.69, 9.17) is 0 Å². The van der Waals surface area contributed by atoms with E-state index in [1.54, 1.807) is 0 Å². The molecule has 0 aliphatic heterocycles. The van der Waals surface area contributed by atoms with E-state index in [0.717, 1.165) is 13.0 Å². The third-order valence-corrected chi connectivity index (χ3v) is 2.31. The Balaban J connectivity index is 2.63. The van der Waals surface area contributed by atoms with Crippen LogP contribution in [-0.4, -0.2) is 12.6 Å². The number of benzene rings is 1. The third kappa shape index (κ3) is 3.59. The zero-order valence-electron chi connectivity index (χ0n) is 9.19. The Labute approximate surface area is 89.5 Å². The molecule has 0 heterocycles. The van der Waals surface area contributed by atoms with Crippen LogP contribution in [0.1, 0.15) is 25.8 Å². The van der Waals surface area contributed by atoms with E-state index in [0.29, 0.717) is 6.42 Å². The van der Waals surface area contributed by atoms with Crippen molar-refractivity contribution in [2.24, 2.45) is 0 Å². The van der Waals surface area contributed by atoms with Gasteiger partial charge in [-0.3, -0.25) is 0 Å². The minimum absolute atomic E-state index is 0.0938. The van der Waals surface area contributed by atoms with Crippen LogP contribution < -0.4 is 5.32 Å². The van der Waals surface area contributed by atoms with Gasteiger partial charge in [-0.1, -0.05) is 13.0 Å². The first kappa shape index (κ1) is 12.1. The predicted octanol–water partition coefficient (Wildman–Crippen LogP) is 2.90. The third-order valence-electron chi connectivity index (χ3n) is 2.31. The number of nitrogens with one attached hydrogen (secondary N) is 1. The molecule has 0 radical (unpaired) electrons. The summed E-state index contributed by atoms with van der Waals surface area (Å²) < 4.78 is 26.5. The molecule has 1 N–H and O–H groups in total. The second-order valence-corrected chi connectivity index (χ2v) is 3.76. The van der Waals surface area contributed by atoms with Crippen molar-refractivity contribution in [2.75, 3.05) is 6.54 Å². The molecule has 1 atom stereocenters. The van der Waals surface area contributed by atoms with Gasteiger partial charge in [0, 0.05) is 11.6 Å². The molecule has 0 aromatic heterocycles. The van der Waals surface area contributed by atoms with E-state index in [9.17, 15) is 8.78 Å². The van der Waals surface area contributed by atoms with Gasteiger partial charge in [0.05, 0.1) is 0 Å². The molecule has 1 unspecified atom stereocenters. The first-order chi connectivity index (χ1) is 7.15. The molecule has 84 valence electrons. The highest BCUT2D eigenvalue weighted by molar-refractivity contribution is 5.20. The maximum absolute atomic E-state index is 13.3. The number of hydrogen-bond donors (Lipinski definition) is 1. The minimum Gasteiger partial charge on any atom is -0.314 e. The van der Waals surface area contributed by atoms with E-state index in [1.807, 2.05) is 6.92 Å². The van der Waals surface area contributed by atoms with Gasteiger partial charge >= 0.3 is 0 Å². The predicted molar refractivity (Wildman–Crippen MR) is 57.8 cm³/mol. The van der Waals surface area contributed by atoms with E-state index in [-0.39, 0.29) is 11.6 Å². The summed E-state index contributed by atoms with van der Waals surface area (Å²) in [6, 6.07) is 4.07. The van der Waals surface area contributed by atoms with Crippen LogP contribution >= 0.6 is 0 Å². The van der Waals surface area contributed by atoms with Gasteiger partial charge in [0.15, 0.2) is 0 Å². The lowest BCUT2D eigenvalue weighted by Crippen LogP contribution is -2.29. The second-order valence-electron chi connectivity index (χ2n) is 3.76. The van der Waals surface area contributed by atoms with Gasteiger partial charge in [-0.25, -0.2) is 8.78 Å². The van der Waals surface area contributed by atoms with Crippen molar-refractivity contribution in [3.05, 3.63) is 35.4 Å². The zero-order chi connectivity index (χ0) is 11.3. The van der Waals surface area contributed by atoms with E-state index >= 15 is 0 Å². The molecule has 0 saturated carbocycles. The number of hydrogen-bond acceptors (Lipinski definition) is 1. The van der Waals surface area contributed by atoms with Crippen LogP contribution in [-0.2, 0) is 6.42 Å². The maximum Gasteiger partial charge on any atom is 0.129 e. The van der Waals surface area contributed by atoms with Crippen molar-refractivity contribution >= 4 is 0 Å². The normalized spacial score (nSPS) is 12.8. The summed E-state index contributed by atoms with van der Waals surface area (Å²) in [5.74, 6) is -0.916. The average molecular weight is 213 g/mol. The van der Waals surface area contributed by atoms with Gasteiger partial charge in [-0.2, -0.15) is 0 Å². The summed E-state index contributed by atoms with van der Waals surface area (Å²) in [5.41, 5.74) is 0.175. The van der Waals surface area contributed by atoms with Crippen LogP contribution in [0.4, 0.5) is 8.78 Å². The van der Waals surface area contributed by atoms with Crippen molar-refractivity contribution < 1.29 is 8.78 Å². The molecule has 0 aliphatic carbocycles. The molecular weight excluding hydrogens is 196 g/mol. The largest absolute Gasteiger partial charge is 0.314 e. The standard InChI is InChI=1S/C12H17F2N/c1-3-7-15-9(2)8-10-11(13)5-4-6-12(10)14/h4-6,9,15H,3,7-8H2,1-2H3. The maximum atomic E-state index is 13.3. The summed E-state index contributed by atoms with van der Waals surface area (Å²) in [6.45, 7) is 4.86. The Morgan fingerprint density at radius 1 is 1.27 bits per heavy atom. The lowest BCUT2D eigenvalue weighted by Gasteiger charge is -2.14. The smallest absolute Gasteiger partial charge is 0.129 e. The summed E-state index contributed by atoms with van der Waals surface area (Å²) in [7, 11) is 0. The fourth-order valence-corrected chi connectivity index (χ4v) is 1.50. The minimum atomic E-state index is -0.458. The zero-order valence-corrected chi connectivity index (χ0v) is 9.19. The second kappa shape index (κ2) is 5.81. The van der Waals surface area contributed by atoms with E-state index in [1.165, 1.54) is 18.2 Å². The molecule has 1 rings (SSSR count). The fraction of sp³-hybridized carbons (Fsp3) is 0.500. The van der Waals surface area contributed by atoms with Gasteiger partial charge in [0.2, 0.25) is 0 Å². The highest BCUT2D eigenvalue weighted by Crippen LogP contribution is 2.13. The molecule has 1 aromatic carbocycles. The van der Waals surface area contributed by atoms with Crippen molar-refractivity contribution in [3.8, 4) is 0 Å². The van der Waals surface area contributed by atoms with Gasteiger partial charge in [-0.15, -0.1) is 0 Å². The van der Waals surface area contributed by atoms with E-state index < -0.39 is 11.6 Å². The van der Waals surface area contributed by atoms with Gasteiger partial charge in [0.1, 0.15) is 11.6 Å². The van der Waals surface area contributed by atoms with Gasteiger partial charge in [-0.05, 0) is 38.4 Å². The van der Waals surface area contributed by atoms with Crippen molar-refractivity contribution in [2.45, 2.75) is 32.7 Å². The quantitative estimate of drug-likeness (QED) is 0.793. The highest BCUT2D eigenvalue weighted by Gasteiger charge is 2.11. The Morgan fingerprint density at radius 2 is 1.87 bits per heavy atom. The molecule has 0 fully saturated rings. The van der Waals surface area contributed by atoms with Crippen LogP contribution in [0.3, 0.4) is 0 Å². The fourth-order valence-electron chi connectivity index (χ4n) is 1.50. The first-order valence-electron chi connectivity index (χ1n) is 5.31. The molecule has 0 spiro atoms. The lowest BCUT2D eigenvalue weighted by molar-refractivity contribution is 0.499. The van der Waals surface area contributed by atoms with Crippen molar-refractivity contribution in [1.82, 2.24) is 5.32 Å². The molecule has 0 aliphatic rings. The van der Waals surface area contributed by atoms with Gasteiger partial charge in [0.25, 0.3) is 0 Å².